The summed E-state index contributed by atoms with van der Waals surface area (Å²) < 4.78 is 88.1. The molecule has 1 saturated heterocycles. The van der Waals surface area contributed by atoms with Gasteiger partial charge >= 0.3 is 12.3 Å². The minimum atomic E-state index is -4.65. The van der Waals surface area contributed by atoms with Crippen LogP contribution in [0.25, 0.3) is 0 Å². The number of hydrogen-bond acceptors (Lipinski definition) is 8. The summed E-state index contributed by atoms with van der Waals surface area (Å²) in [6.45, 7) is 8.46. The summed E-state index contributed by atoms with van der Waals surface area (Å²) in [4.78, 5) is 57.8. The summed E-state index contributed by atoms with van der Waals surface area (Å²) in [6, 6.07) is 6.26. The molecule has 5 unspecified atom stereocenters. The zero-order valence-corrected chi connectivity index (χ0v) is 30.2. The molecule has 12 nitrogen and oxygen atoms in total. The zero-order valence-electron chi connectivity index (χ0n) is 29.3. The molecule has 286 valence electrons. The SMILES string of the molecule is C=CC1CC1(NC(=O)C1CC(OC(=O)N2Cc3cccc(F)c3C2)CN1C(=O)C(Nc1cccc(C(F)(F)F)c1)C(C)(C)C)C(=O)NS(=O)(=O)C1CC1. The molecule has 0 bridgehead atoms. The van der Waals surface area contributed by atoms with Crippen LogP contribution in [0.5, 0.6) is 0 Å². The average molecular weight is 764 g/mol. The van der Waals surface area contributed by atoms with Crippen LogP contribution in [0.4, 0.5) is 28.0 Å². The van der Waals surface area contributed by atoms with E-state index in [1.165, 1.54) is 35.2 Å². The molecule has 0 radical (unpaired) electrons. The van der Waals surface area contributed by atoms with Crippen LogP contribution in [-0.2, 0) is 48.4 Å². The van der Waals surface area contributed by atoms with Crippen molar-refractivity contribution in [3.05, 3.63) is 77.6 Å². The Hall–Kier alpha value is -4.67. The second-order valence-corrected chi connectivity index (χ2v) is 17.1. The molecule has 2 aromatic carbocycles. The van der Waals surface area contributed by atoms with Gasteiger partial charge in [-0.15, -0.1) is 6.58 Å². The average Bonchev–Trinajstić information content (AvgIpc) is 3.97. The number of nitrogens with zero attached hydrogens (tertiary/aromatic N) is 2. The van der Waals surface area contributed by atoms with Crippen LogP contribution in [0.2, 0.25) is 0 Å². The molecular formula is C36H41F4N5O7S. The summed E-state index contributed by atoms with van der Waals surface area (Å²) in [5.41, 5.74) is -2.61. The van der Waals surface area contributed by atoms with Crippen LogP contribution < -0.4 is 15.4 Å². The predicted octanol–water partition coefficient (Wildman–Crippen LogP) is 4.46. The Morgan fingerprint density at radius 2 is 1.75 bits per heavy atom. The molecule has 4 aliphatic rings. The number of ether oxygens (including phenoxy) is 1. The van der Waals surface area contributed by atoms with Crippen LogP contribution in [0.3, 0.4) is 0 Å². The van der Waals surface area contributed by atoms with Crippen LogP contribution >= 0.6 is 0 Å². The molecule has 5 atom stereocenters. The fourth-order valence-corrected chi connectivity index (χ4v) is 8.25. The number of alkyl halides is 3. The van der Waals surface area contributed by atoms with Crippen molar-refractivity contribution in [3.63, 3.8) is 0 Å². The number of benzene rings is 2. The largest absolute Gasteiger partial charge is 0.444 e. The third kappa shape index (κ3) is 7.85. The Labute approximate surface area is 304 Å². The topological polar surface area (TPSA) is 154 Å². The van der Waals surface area contributed by atoms with Crippen molar-refractivity contribution >= 4 is 39.5 Å². The monoisotopic (exact) mass is 763 g/mol. The second-order valence-electron chi connectivity index (χ2n) is 15.2. The lowest BCUT2D eigenvalue weighted by atomic mass is 9.85. The van der Waals surface area contributed by atoms with E-state index in [0.29, 0.717) is 24.0 Å². The molecule has 2 aliphatic carbocycles. The summed E-state index contributed by atoms with van der Waals surface area (Å²) in [7, 11) is -3.98. The maximum atomic E-state index is 14.5. The summed E-state index contributed by atoms with van der Waals surface area (Å²) in [5, 5.41) is 4.85. The van der Waals surface area contributed by atoms with Crippen molar-refractivity contribution in [3.8, 4) is 0 Å². The molecule has 2 saturated carbocycles. The molecule has 6 rings (SSSR count). The van der Waals surface area contributed by atoms with Crippen LogP contribution in [0.1, 0.15) is 63.1 Å². The Kier molecular flexibility index (Phi) is 9.79. The molecule has 0 aromatic heterocycles. The minimum Gasteiger partial charge on any atom is -0.444 e. The first-order valence-electron chi connectivity index (χ1n) is 17.2. The van der Waals surface area contributed by atoms with E-state index < -0.39 is 91.7 Å². The lowest BCUT2D eigenvalue weighted by molar-refractivity contribution is -0.141. The molecule has 3 fully saturated rings. The Morgan fingerprint density at radius 3 is 2.36 bits per heavy atom. The highest BCUT2D eigenvalue weighted by molar-refractivity contribution is 7.91. The van der Waals surface area contributed by atoms with Gasteiger partial charge in [0.25, 0.3) is 5.91 Å². The standard InChI is InChI=1S/C36H41F4N5O7S/c1-5-21-16-35(21,32(48)43-53(50,51)25-12-13-25)42-30(46)28-15-24(52-33(49)44-17-20-8-6-11-27(37)26(20)19-44)18-45(28)31(47)29(34(2,3)4)41-23-10-7-9-22(14-23)36(38,39)40/h5-11,14,21,24-25,28-29,41H,1,12-13,15-19H2,2-4H3,(H,42,46)(H,43,48). The lowest BCUT2D eigenvalue weighted by Crippen LogP contribution is -2.58. The van der Waals surface area contributed by atoms with E-state index in [9.17, 15) is 45.2 Å². The number of nitrogens with one attached hydrogen (secondary N) is 3. The molecular weight excluding hydrogens is 722 g/mol. The van der Waals surface area contributed by atoms with Crippen LogP contribution in [0.15, 0.2) is 55.1 Å². The van der Waals surface area contributed by atoms with Crippen molar-refractivity contribution in [2.24, 2.45) is 11.3 Å². The minimum absolute atomic E-state index is 0.00332. The molecule has 2 aromatic rings. The molecule has 2 aliphatic heterocycles. The van der Waals surface area contributed by atoms with Crippen molar-refractivity contribution in [2.75, 3.05) is 11.9 Å². The molecule has 4 amide bonds. The molecule has 0 spiro atoms. The van der Waals surface area contributed by atoms with Gasteiger partial charge < -0.3 is 20.3 Å². The van der Waals surface area contributed by atoms with E-state index in [1.54, 1.807) is 26.8 Å². The van der Waals surface area contributed by atoms with E-state index in [0.717, 1.165) is 17.0 Å². The molecule has 3 N–H and O–H groups in total. The molecule has 17 heteroatoms. The van der Waals surface area contributed by atoms with E-state index in [1.807, 2.05) is 0 Å². The van der Waals surface area contributed by atoms with Gasteiger partial charge in [0.15, 0.2) is 0 Å². The number of amides is 4. The van der Waals surface area contributed by atoms with Gasteiger partial charge in [0.05, 0.1) is 23.9 Å². The molecule has 2 heterocycles. The van der Waals surface area contributed by atoms with Gasteiger partial charge in [-0.3, -0.25) is 24.0 Å². The smallest absolute Gasteiger partial charge is 0.416 e. The number of likely N-dealkylation sites (tertiary alicyclic amines) is 1. The Morgan fingerprint density at radius 1 is 1.06 bits per heavy atom. The van der Waals surface area contributed by atoms with E-state index in [2.05, 4.69) is 21.9 Å². The normalized spacial score (nSPS) is 24.5. The van der Waals surface area contributed by atoms with Gasteiger partial charge in [0, 0.05) is 30.1 Å². The predicted molar refractivity (Wildman–Crippen MR) is 184 cm³/mol. The lowest BCUT2D eigenvalue weighted by Gasteiger charge is -2.36. The van der Waals surface area contributed by atoms with Crippen molar-refractivity contribution in [1.29, 1.82) is 0 Å². The third-order valence-electron chi connectivity index (χ3n) is 10.2. The summed E-state index contributed by atoms with van der Waals surface area (Å²) in [6.07, 6.45) is -4.50. The van der Waals surface area contributed by atoms with Gasteiger partial charge in [-0.25, -0.2) is 17.6 Å². The first kappa shape index (κ1) is 38.1. The highest BCUT2D eigenvalue weighted by atomic mass is 32.2. The first-order chi connectivity index (χ1) is 24.7. The summed E-state index contributed by atoms with van der Waals surface area (Å²) >= 11 is 0. The van der Waals surface area contributed by atoms with E-state index in [4.69, 9.17) is 4.74 Å². The van der Waals surface area contributed by atoms with E-state index >= 15 is 0 Å². The number of fused-ring (bicyclic) bond motifs is 1. The van der Waals surface area contributed by atoms with Crippen LogP contribution in [0, 0.1) is 17.2 Å². The van der Waals surface area contributed by atoms with Crippen molar-refractivity contribution < 1.29 is 49.9 Å². The molecule has 53 heavy (non-hydrogen) atoms. The van der Waals surface area contributed by atoms with Gasteiger partial charge in [0.2, 0.25) is 21.8 Å². The van der Waals surface area contributed by atoms with Gasteiger partial charge in [0.1, 0.15) is 29.5 Å². The number of sulfonamides is 1. The van der Waals surface area contributed by atoms with Crippen molar-refractivity contribution in [1.82, 2.24) is 19.8 Å². The summed E-state index contributed by atoms with van der Waals surface area (Å²) in [5.74, 6) is -3.57. The Balaban J connectivity index is 1.26. The van der Waals surface area contributed by atoms with Gasteiger partial charge in [-0.2, -0.15) is 13.2 Å². The van der Waals surface area contributed by atoms with Gasteiger partial charge in [-0.1, -0.05) is 45.0 Å². The third-order valence-corrected chi connectivity index (χ3v) is 12.0. The number of halogens is 4. The van der Waals surface area contributed by atoms with Gasteiger partial charge in [-0.05, 0) is 54.5 Å². The maximum Gasteiger partial charge on any atom is 0.416 e. The quantitative estimate of drug-likeness (QED) is 0.237. The Bertz CT molecular complexity index is 1950. The highest BCUT2D eigenvalue weighted by Gasteiger charge is 2.62. The second kappa shape index (κ2) is 13.6. The number of anilines is 1. The first-order valence-corrected chi connectivity index (χ1v) is 18.7. The maximum absolute atomic E-state index is 14.5. The van der Waals surface area contributed by atoms with Crippen LogP contribution in [-0.4, -0.2) is 77.6 Å². The van der Waals surface area contributed by atoms with Crippen molar-refractivity contribution in [2.45, 2.75) is 94.7 Å². The number of hydrogen-bond donors (Lipinski definition) is 3. The zero-order chi connectivity index (χ0) is 38.7. The fourth-order valence-electron chi connectivity index (χ4n) is 6.89. The number of carbonyl (C=O) groups excluding carboxylic acids is 4. The highest BCUT2D eigenvalue weighted by Crippen LogP contribution is 2.46. The number of carbonyl (C=O) groups is 4. The number of rotatable bonds is 10. The fraction of sp³-hybridized carbons (Fsp3) is 0.500. The van der Waals surface area contributed by atoms with E-state index in [-0.39, 0.29) is 38.2 Å².